The molecule has 0 saturated carbocycles. The van der Waals surface area contributed by atoms with Crippen molar-refractivity contribution in [2.24, 2.45) is 5.73 Å². The van der Waals surface area contributed by atoms with Crippen LogP contribution >= 0.6 is 0 Å². The van der Waals surface area contributed by atoms with Crippen molar-refractivity contribution in [2.75, 3.05) is 13.3 Å². The molecule has 1 aliphatic rings. The van der Waals surface area contributed by atoms with E-state index in [1.54, 1.807) is 6.08 Å². The van der Waals surface area contributed by atoms with E-state index in [0.717, 1.165) is 11.3 Å². The Kier molecular flexibility index (Phi) is 3.76. The Bertz CT molecular complexity index is 509. The van der Waals surface area contributed by atoms with Crippen LogP contribution in [0.5, 0.6) is 11.5 Å². The van der Waals surface area contributed by atoms with E-state index >= 15 is 0 Å². The Morgan fingerprint density at radius 1 is 1.42 bits per heavy atom. The monoisotopic (exact) mass is 262 g/mol. The van der Waals surface area contributed by atoms with Crippen molar-refractivity contribution < 1.29 is 14.3 Å². The van der Waals surface area contributed by atoms with E-state index in [0.29, 0.717) is 12.3 Å². The van der Waals surface area contributed by atoms with Gasteiger partial charge in [-0.1, -0.05) is 6.07 Å². The minimum Gasteiger partial charge on any atom is -0.454 e. The molecule has 0 radical (unpaired) electrons. The molecule has 0 spiro atoms. The zero-order valence-electron chi connectivity index (χ0n) is 11.1. The van der Waals surface area contributed by atoms with Gasteiger partial charge in [-0.3, -0.25) is 4.79 Å². The Balaban J connectivity index is 2.01. The van der Waals surface area contributed by atoms with Crippen LogP contribution in [0.3, 0.4) is 0 Å². The van der Waals surface area contributed by atoms with Crippen LogP contribution in [0.2, 0.25) is 0 Å². The minimum absolute atomic E-state index is 0.173. The zero-order chi connectivity index (χ0) is 13.9. The molecule has 2 rings (SSSR count). The van der Waals surface area contributed by atoms with Crippen LogP contribution in [-0.4, -0.2) is 24.8 Å². The van der Waals surface area contributed by atoms with Crippen LogP contribution in [0.4, 0.5) is 0 Å². The molecule has 0 bridgehead atoms. The van der Waals surface area contributed by atoms with Gasteiger partial charge in [0.15, 0.2) is 11.5 Å². The van der Waals surface area contributed by atoms with E-state index in [2.05, 4.69) is 5.32 Å². The fourth-order valence-corrected chi connectivity index (χ4v) is 1.61. The van der Waals surface area contributed by atoms with Gasteiger partial charge in [-0.15, -0.1) is 0 Å². The second-order valence-corrected chi connectivity index (χ2v) is 5.02. The van der Waals surface area contributed by atoms with Crippen molar-refractivity contribution in [3.63, 3.8) is 0 Å². The highest BCUT2D eigenvalue weighted by Gasteiger charge is 2.16. The predicted molar refractivity (Wildman–Crippen MR) is 72.9 cm³/mol. The highest BCUT2D eigenvalue weighted by atomic mass is 16.7. The molecule has 3 N–H and O–H groups in total. The smallest absolute Gasteiger partial charge is 0.244 e. The third-order valence-corrected chi connectivity index (χ3v) is 2.80. The lowest BCUT2D eigenvalue weighted by molar-refractivity contribution is -0.117. The maximum atomic E-state index is 11.7. The number of carbonyl (C=O) groups is 1. The second kappa shape index (κ2) is 5.32. The summed E-state index contributed by atoms with van der Waals surface area (Å²) in [6.45, 7) is 4.38. The van der Waals surface area contributed by atoms with Crippen LogP contribution < -0.4 is 20.5 Å². The first-order valence-corrected chi connectivity index (χ1v) is 6.10. The molecule has 5 nitrogen and oxygen atoms in total. The third kappa shape index (κ3) is 3.48. The Labute approximate surface area is 112 Å². The summed E-state index contributed by atoms with van der Waals surface area (Å²) < 4.78 is 10.5. The van der Waals surface area contributed by atoms with Gasteiger partial charge in [0.05, 0.1) is 0 Å². The van der Waals surface area contributed by atoms with Crippen molar-refractivity contribution in [1.82, 2.24) is 5.32 Å². The van der Waals surface area contributed by atoms with Crippen LogP contribution in [-0.2, 0) is 4.79 Å². The summed E-state index contributed by atoms with van der Waals surface area (Å²) >= 11 is 0. The van der Waals surface area contributed by atoms with E-state index in [9.17, 15) is 4.79 Å². The Morgan fingerprint density at radius 2 is 2.16 bits per heavy atom. The van der Waals surface area contributed by atoms with Gasteiger partial charge in [0.1, 0.15) is 0 Å². The molecule has 102 valence electrons. The number of nitrogens with one attached hydrogen (secondary N) is 1. The fourth-order valence-electron chi connectivity index (χ4n) is 1.61. The number of carbonyl (C=O) groups excluding carboxylic acids is 1. The molecule has 0 fully saturated rings. The van der Waals surface area contributed by atoms with E-state index in [4.69, 9.17) is 15.2 Å². The number of benzene rings is 1. The van der Waals surface area contributed by atoms with Crippen LogP contribution in [0, 0.1) is 0 Å². The summed E-state index contributed by atoms with van der Waals surface area (Å²) in [6.07, 6.45) is 3.21. The number of rotatable bonds is 4. The van der Waals surface area contributed by atoms with Gasteiger partial charge in [0.2, 0.25) is 12.7 Å². The largest absolute Gasteiger partial charge is 0.454 e. The minimum atomic E-state index is -0.406. The van der Waals surface area contributed by atoms with E-state index in [1.807, 2.05) is 32.0 Å². The molecule has 1 aromatic rings. The summed E-state index contributed by atoms with van der Waals surface area (Å²) in [4.78, 5) is 11.7. The lowest BCUT2D eigenvalue weighted by Gasteiger charge is -2.23. The first kappa shape index (κ1) is 13.4. The number of ether oxygens (including phenoxy) is 2. The van der Waals surface area contributed by atoms with E-state index in [-0.39, 0.29) is 12.7 Å². The van der Waals surface area contributed by atoms with Gasteiger partial charge in [-0.25, -0.2) is 0 Å². The van der Waals surface area contributed by atoms with Gasteiger partial charge in [0.25, 0.3) is 0 Å². The quantitative estimate of drug-likeness (QED) is 0.802. The molecule has 1 aromatic carbocycles. The summed E-state index contributed by atoms with van der Waals surface area (Å²) in [5, 5.41) is 2.82. The number of hydrogen-bond acceptors (Lipinski definition) is 4. The molecule has 5 heteroatoms. The van der Waals surface area contributed by atoms with Crippen LogP contribution in [0.1, 0.15) is 19.4 Å². The second-order valence-electron chi connectivity index (χ2n) is 5.02. The topological polar surface area (TPSA) is 73.6 Å². The van der Waals surface area contributed by atoms with Gasteiger partial charge in [-0.2, -0.15) is 0 Å². The lowest BCUT2D eigenvalue weighted by Crippen LogP contribution is -2.48. The van der Waals surface area contributed by atoms with Crippen molar-refractivity contribution in [1.29, 1.82) is 0 Å². The molecular formula is C14H18N2O3. The zero-order valence-corrected chi connectivity index (χ0v) is 11.1. The van der Waals surface area contributed by atoms with E-state index < -0.39 is 5.54 Å². The number of hydrogen-bond donors (Lipinski definition) is 2. The standard InChI is InChI=1S/C14H18N2O3/c1-14(2,8-15)16-13(17)6-4-10-3-5-11-12(7-10)19-9-18-11/h3-7H,8-9,15H2,1-2H3,(H,16,17). The normalized spacial score (nSPS) is 13.8. The van der Waals surface area contributed by atoms with E-state index in [1.165, 1.54) is 6.08 Å². The first-order chi connectivity index (χ1) is 9.00. The van der Waals surface area contributed by atoms with Crippen molar-refractivity contribution in [3.05, 3.63) is 29.8 Å². The highest BCUT2D eigenvalue weighted by Crippen LogP contribution is 2.32. The fraction of sp³-hybridized carbons (Fsp3) is 0.357. The van der Waals surface area contributed by atoms with Gasteiger partial charge >= 0.3 is 0 Å². The highest BCUT2D eigenvalue weighted by molar-refractivity contribution is 5.92. The average Bonchev–Trinajstić information content (AvgIpc) is 2.83. The molecule has 0 saturated heterocycles. The molecule has 19 heavy (non-hydrogen) atoms. The Morgan fingerprint density at radius 3 is 2.89 bits per heavy atom. The van der Waals surface area contributed by atoms with Crippen molar-refractivity contribution in [2.45, 2.75) is 19.4 Å². The number of amides is 1. The Hall–Kier alpha value is -2.01. The molecule has 0 unspecified atom stereocenters. The maximum absolute atomic E-state index is 11.7. The summed E-state index contributed by atoms with van der Waals surface area (Å²) in [7, 11) is 0. The summed E-state index contributed by atoms with van der Waals surface area (Å²) in [5.41, 5.74) is 6.03. The number of nitrogens with two attached hydrogens (primary N) is 1. The summed E-state index contributed by atoms with van der Waals surface area (Å²) in [6, 6.07) is 5.52. The maximum Gasteiger partial charge on any atom is 0.244 e. The molecular weight excluding hydrogens is 244 g/mol. The predicted octanol–water partition coefficient (Wildman–Crippen LogP) is 1.28. The van der Waals surface area contributed by atoms with Gasteiger partial charge in [-0.05, 0) is 37.6 Å². The first-order valence-electron chi connectivity index (χ1n) is 6.10. The van der Waals surface area contributed by atoms with Gasteiger partial charge in [0, 0.05) is 18.2 Å². The van der Waals surface area contributed by atoms with Crippen LogP contribution in [0.25, 0.3) is 6.08 Å². The molecule has 1 amide bonds. The average molecular weight is 262 g/mol. The van der Waals surface area contributed by atoms with Crippen LogP contribution in [0.15, 0.2) is 24.3 Å². The molecule has 1 heterocycles. The van der Waals surface area contributed by atoms with Gasteiger partial charge < -0.3 is 20.5 Å². The molecule has 0 aliphatic carbocycles. The molecule has 0 aromatic heterocycles. The van der Waals surface area contributed by atoms with Crippen molar-refractivity contribution in [3.8, 4) is 11.5 Å². The number of fused-ring (bicyclic) bond motifs is 1. The van der Waals surface area contributed by atoms with Crippen molar-refractivity contribution >= 4 is 12.0 Å². The molecule has 0 atom stereocenters. The third-order valence-electron chi connectivity index (χ3n) is 2.80. The SMILES string of the molecule is CC(C)(CN)NC(=O)C=Cc1ccc2c(c1)OCO2. The lowest BCUT2D eigenvalue weighted by atomic mass is 10.1. The molecule has 1 aliphatic heterocycles. The summed E-state index contributed by atoms with van der Waals surface area (Å²) in [5.74, 6) is 1.25.